The van der Waals surface area contributed by atoms with Crippen LogP contribution in [-0.2, 0) is 4.79 Å². The molecule has 0 aliphatic carbocycles. The molecule has 1 rings (SSSR count). The van der Waals surface area contributed by atoms with E-state index in [1.165, 1.54) is 0 Å². The number of aliphatic carboxylic acids is 1. The molecule has 0 amide bonds. The molecule has 0 atom stereocenters. The second kappa shape index (κ2) is 4.60. The van der Waals surface area contributed by atoms with Crippen molar-refractivity contribution in [2.24, 2.45) is 5.41 Å². The molecule has 0 unspecified atom stereocenters. The SMILES string of the molecule is C=CCC1(C(=O)O)CCN(CC)CC1. The van der Waals surface area contributed by atoms with Crippen molar-refractivity contribution in [1.29, 1.82) is 0 Å². The van der Waals surface area contributed by atoms with E-state index in [-0.39, 0.29) is 0 Å². The lowest BCUT2D eigenvalue weighted by atomic mass is 9.76. The number of nitrogens with zero attached hydrogens (tertiary/aromatic N) is 1. The number of likely N-dealkylation sites (tertiary alicyclic amines) is 1. The molecular formula is C11H19NO2. The summed E-state index contributed by atoms with van der Waals surface area (Å²) in [4.78, 5) is 13.5. The highest BCUT2D eigenvalue weighted by Gasteiger charge is 2.39. The molecule has 0 aromatic rings. The Bertz CT molecular complexity index is 217. The van der Waals surface area contributed by atoms with Gasteiger partial charge in [-0.1, -0.05) is 13.0 Å². The molecule has 0 radical (unpaired) electrons. The average molecular weight is 197 g/mol. The van der Waals surface area contributed by atoms with Crippen molar-refractivity contribution >= 4 is 5.97 Å². The Labute approximate surface area is 85.4 Å². The van der Waals surface area contributed by atoms with Crippen LogP contribution in [0.25, 0.3) is 0 Å². The Kier molecular flexibility index (Phi) is 3.69. The van der Waals surface area contributed by atoms with Crippen molar-refractivity contribution in [3.63, 3.8) is 0 Å². The molecule has 14 heavy (non-hydrogen) atoms. The molecule has 0 aromatic carbocycles. The molecule has 0 bridgehead atoms. The number of carboxylic acid groups (broad SMARTS) is 1. The molecule has 1 fully saturated rings. The van der Waals surface area contributed by atoms with Crippen LogP contribution in [0.2, 0.25) is 0 Å². The van der Waals surface area contributed by atoms with Crippen LogP contribution in [0.1, 0.15) is 26.2 Å². The van der Waals surface area contributed by atoms with Crippen LogP contribution in [0.15, 0.2) is 12.7 Å². The van der Waals surface area contributed by atoms with Crippen molar-refractivity contribution in [3.8, 4) is 0 Å². The van der Waals surface area contributed by atoms with Gasteiger partial charge in [0, 0.05) is 0 Å². The fourth-order valence-corrected chi connectivity index (χ4v) is 2.08. The van der Waals surface area contributed by atoms with E-state index in [1.54, 1.807) is 6.08 Å². The van der Waals surface area contributed by atoms with Gasteiger partial charge in [-0.05, 0) is 38.9 Å². The minimum absolute atomic E-state index is 0.534. The molecule has 3 heteroatoms. The number of carboxylic acids is 1. The van der Waals surface area contributed by atoms with E-state index < -0.39 is 11.4 Å². The number of allylic oxidation sites excluding steroid dienone is 1. The number of hydrogen-bond donors (Lipinski definition) is 1. The summed E-state index contributed by atoms with van der Waals surface area (Å²) in [7, 11) is 0. The van der Waals surface area contributed by atoms with Crippen molar-refractivity contribution < 1.29 is 9.90 Å². The molecule has 3 nitrogen and oxygen atoms in total. The van der Waals surface area contributed by atoms with Gasteiger partial charge >= 0.3 is 5.97 Å². The van der Waals surface area contributed by atoms with Crippen molar-refractivity contribution in [2.75, 3.05) is 19.6 Å². The second-order valence-corrected chi connectivity index (χ2v) is 4.01. The van der Waals surface area contributed by atoms with Crippen LogP contribution in [0.4, 0.5) is 0 Å². The first-order valence-corrected chi connectivity index (χ1v) is 5.21. The fourth-order valence-electron chi connectivity index (χ4n) is 2.08. The van der Waals surface area contributed by atoms with E-state index in [2.05, 4.69) is 18.4 Å². The third-order valence-electron chi connectivity index (χ3n) is 3.25. The minimum Gasteiger partial charge on any atom is -0.481 e. The Hall–Kier alpha value is -0.830. The van der Waals surface area contributed by atoms with Crippen LogP contribution >= 0.6 is 0 Å². The van der Waals surface area contributed by atoms with Crippen molar-refractivity contribution in [3.05, 3.63) is 12.7 Å². The smallest absolute Gasteiger partial charge is 0.310 e. The Morgan fingerprint density at radius 1 is 1.57 bits per heavy atom. The van der Waals surface area contributed by atoms with Gasteiger partial charge in [-0.3, -0.25) is 4.79 Å². The predicted molar refractivity (Wildman–Crippen MR) is 56.2 cm³/mol. The zero-order valence-electron chi connectivity index (χ0n) is 8.83. The maximum absolute atomic E-state index is 11.2. The number of rotatable bonds is 4. The zero-order valence-corrected chi connectivity index (χ0v) is 8.83. The summed E-state index contributed by atoms with van der Waals surface area (Å²) in [5, 5.41) is 9.21. The molecule has 0 aromatic heterocycles. The lowest BCUT2D eigenvalue weighted by Gasteiger charge is -2.37. The molecule has 0 spiro atoms. The fraction of sp³-hybridized carbons (Fsp3) is 0.727. The van der Waals surface area contributed by atoms with E-state index in [9.17, 15) is 9.90 Å². The van der Waals surface area contributed by atoms with Gasteiger partial charge in [-0.25, -0.2) is 0 Å². The summed E-state index contributed by atoms with van der Waals surface area (Å²) in [5.41, 5.74) is -0.534. The van der Waals surface area contributed by atoms with E-state index in [0.29, 0.717) is 6.42 Å². The normalized spacial score (nSPS) is 21.8. The molecule has 1 N–H and O–H groups in total. The lowest BCUT2D eigenvalue weighted by molar-refractivity contribution is -0.151. The third-order valence-corrected chi connectivity index (χ3v) is 3.25. The summed E-state index contributed by atoms with van der Waals surface area (Å²) < 4.78 is 0. The zero-order chi connectivity index (χ0) is 10.6. The van der Waals surface area contributed by atoms with Crippen LogP contribution in [0.3, 0.4) is 0 Å². The highest BCUT2D eigenvalue weighted by Crippen LogP contribution is 2.35. The summed E-state index contributed by atoms with van der Waals surface area (Å²) in [6, 6.07) is 0. The first kappa shape index (κ1) is 11.2. The summed E-state index contributed by atoms with van der Waals surface area (Å²) in [6.45, 7) is 8.57. The molecule has 1 saturated heterocycles. The summed E-state index contributed by atoms with van der Waals surface area (Å²) >= 11 is 0. The van der Waals surface area contributed by atoms with Gasteiger partial charge in [-0.2, -0.15) is 0 Å². The Balaban J connectivity index is 2.64. The number of carbonyl (C=O) groups is 1. The van der Waals surface area contributed by atoms with E-state index >= 15 is 0 Å². The third kappa shape index (κ3) is 2.15. The largest absolute Gasteiger partial charge is 0.481 e. The Morgan fingerprint density at radius 2 is 2.14 bits per heavy atom. The molecule has 80 valence electrons. The van der Waals surface area contributed by atoms with Gasteiger partial charge in [0.1, 0.15) is 0 Å². The first-order chi connectivity index (χ1) is 6.64. The molecule has 0 saturated carbocycles. The monoisotopic (exact) mass is 197 g/mol. The molecule has 1 aliphatic rings. The average Bonchev–Trinajstić information content (AvgIpc) is 2.19. The topological polar surface area (TPSA) is 40.5 Å². The number of hydrogen-bond acceptors (Lipinski definition) is 2. The summed E-state index contributed by atoms with van der Waals surface area (Å²) in [5.74, 6) is -0.659. The van der Waals surface area contributed by atoms with Gasteiger partial charge in [-0.15, -0.1) is 6.58 Å². The van der Waals surface area contributed by atoms with Crippen molar-refractivity contribution in [1.82, 2.24) is 4.90 Å². The molecule has 1 heterocycles. The quantitative estimate of drug-likeness (QED) is 0.698. The van der Waals surface area contributed by atoms with E-state index in [1.807, 2.05) is 0 Å². The lowest BCUT2D eigenvalue weighted by Crippen LogP contribution is -2.44. The Morgan fingerprint density at radius 3 is 2.50 bits per heavy atom. The predicted octanol–water partition coefficient (Wildman–Crippen LogP) is 1.75. The van der Waals surface area contributed by atoms with E-state index in [0.717, 1.165) is 32.5 Å². The van der Waals surface area contributed by atoms with Crippen LogP contribution < -0.4 is 0 Å². The van der Waals surface area contributed by atoms with Gasteiger partial charge in [0.2, 0.25) is 0 Å². The van der Waals surface area contributed by atoms with Gasteiger partial charge in [0.25, 0.3) is 0 Å². The van der Waals surface area contributed by atoms with Crippen LogP contribution in [0.5, 0.6) is 0 Å². The van der Waals surface area contributed by atoms with E-state index in [4.69, 9.17) is 0 Å². The highest BCUT2D eigenvalue weighted by atomic mass is 16.4. The molecular weight excluding hydrogens is 178 g/mol. The van der Waals surface area contributed by atoms with Gasteiger partial charge < -0.3 is 10.0 Å². The summed E-state index contributed by atoms with van der Waals surface area (Å²) in [6.07, 6.45) is 3.83. The minimum atomic E-state index is -0.659. The first-order valence-electron chi connectivity index (χ1n) is 5.21. The molecule has 1 aliphatic heterocycles. The van der Waals surface area contributed by atoms with Gasteiger partial charge in [0.15, 0.2) is 0 Å². The van der Waals surface area contributed by atoms with Crippen LogP contribution in [0, 0.1) is 5.41 Å². The maximum atomic E-state index is 11.2. The second-order valence-electron chi connectivity index (χ2n) is 4.01. The highest BCUT2D eigenvalue weighted by molar-refractivity contribution is 5.75. The standard InChI is InChI=1S/C11H19NO2/c1-3-5-11(10(13)14)6-8-12(4-2)9-7-11/h3H,1,4-9H2,2H3,(H,13,14). The van der Waals surface area contributed by atoms with Gasteiger partial charge in [0.05, 0.1) is 5.41 Å². The number of piperidine rings is 1. The van der Waals surface area contributed by atoms with Crippen molar-refractivity contribution in [2.45, 2.75) is 26.2 Å². The maximum Gasteiger partial charge on any atom is 0.310 e. The van der Waals surface area contributed by atoms with Crippen LogP contribution in [-0.4, -0.2) is 35.6 Å².